The molecule has 2 aliphatic rings. The number of hydrogen-bond acceptors (Lipinski definition) is 8. The van der Waals surface area contributed by atoms with E-state index in [1.165, 1.54) is 23.1 Å². The number of anilines is 1. The molecule has 4 rings (SSSR count). The molecule has 10 heteroatoms. The van der Waals surface area contributed by atoms with E-state index in [-0.39, 0.29) is 11.5 Å². The van der Waals surface area contributed by atoms with Gasteiger partial charge in [-0.3, -0.25) is 19.1 Å². The average Bonchev–Trinajstić information content (AvgIpc) is 3.41. The molecule has 0 saturated carbocycles. The highest BCUT2D eigenvalue weighted by Gasteiger charge is 2.32. The van der Waals surface area contributed by atoms with Crippen LogP contribution in [0.4, 0.5) is 5.69 Å². The Bertz CT molecular complexity index is 1310. The number of methoxy groups -OCH3 is 1. The predicted molar refractivity (Wildman–Crippen MR) is 139 cm³/mol. The quantitative estimate of drug-likeness (QED) is 0.579. The van der Waals surface area contributed by atoms with E-state index in [0.29, 0.717) is 31.5 Å². The lowest BCUT2D eigenvalue weighted by molar-refractivity contribution is -0.120. The molecule has 0 radical (unpaired) electrons. The van der Waals surface area contributed by atoms with Crippen LogP contribution in [0.2, 0.25) is 0 Å². The SMILES string of the molecule is CCN1C(=O)C(=c2sc(=C/C=C3/Sc4ccc(OC)cc4N3CC)c(=O)n2CC)SC1=S. The van der Waals surface area contributed by atoms with Gasteiger partial charge in [-0.05, 0) is 45.1 Å². The Hall–Kier alpha value is -2.01. The molecule has 0 aliphatic carbocycles. The fourth-order valence-corrected chi connectivity index (χ4v) is 7.35. The van der Waals surface area contributed by atoms with Crippen LogP contribution in [0.3, 0.4) is 0 Å². The van der Waals surface area contributed by atoms with E-state index in [4.69, 9.17) is 17.0 Å². The van der Waals surface area contributed by atoms with Crippen LogP contribution in [0, 0.1) is 0 Å². The molecule has 6 nitrogen and oxygen atoms in total. The molecule has 1 fully saturated rings. The van der Waals surface area contributed by atoms with Gasteiger partial charge >= 0.3 is 0 Å². The van der Waals surface area contributed by atoms with Crippen LogP contribution in [0.5, 0.6) is 5.75 Å². The third-order valence-corrected chi connectivity index (χ3v) is 9.06. The topological polar surface area (TPSA) is 54.8 Å². The van der Waals surface area contributed by atoms with Crippen molar-refractivity contribution < 1.29 is 9.53 Å². The second-order valence-corrected chi connectivity index (χ2v) is 10.7. The van der Waals surface area contributed by atoms with E-state index in [1.54, 1.807) is 28.3 Å². The summed E-state index contributed by atoms with van der Waals surface area (Å²) in [7, 11) is 1.66. The van der Waals surface area contributed by atoms with E-state index in [9.17, 15) is 9.59 Å². The number of thioether (sulfide) groups is 2. The molecule has 0 spiro atoms. The zero-order chi connectivity index (χ0) is 23.0. The molecule has 0 unspecified atom stereocenters. The maximum Gasteiger partial charge on any atom is 0.269 e. The molecule has 32 heavy (non-hydrogen) atoms. The average molecular weight is 506 g/mol. The number of thiocarbonyl (C=S) groups is 1. The highest BCUT2D eigenvalue weighted by Crippen LogP contribution is 2.47. The van der Waals surface area contributed by atoms with E-state index < -0.39 is 0 Å². The van der Waals surface area contributed by atoms with Gasteiger partial charge in [0.15, 0.2) is 0 Å². The number of aromatic nitrogens is 1. The lowest BCUT2D eigenvalue weighted by Gasteiger charge is -2.18. The van der Waals surface area contributed by atoms with E-state index in [0.717, 1.165) is 27.9 Å². The van der Waals surface area contributed by atoms with Crippen molar-refractivity contribution >= 4 is 74.0 Å². The maximum absolute atomic E-state index is 13.1. The molecule has 1 aromatic carbocycles. The van der Waals surface area contributed by atoms with Crippen LogP contribution in [0.1, 0.15) is 20.8 Å². The summed E-state index contributed by atoms with van der Waals surface area (Å²) in [6.45, 7) is 7.72. The number of benzene rings is 1. The highest BCUT2D eigenvalue weighted by molar-refractivity contribution is 8.30. The molecule has 2 aliphatic heterocycles. The molecule has 168 valence electrons. The summed E-state index contributed by atoms with van der Waals surface area (Å²) in [5.41, 5.74) is 1.02. The van der Waals surface area contributed by atoms with Gasteiger partial charge in [0.1, 0.15) is 19.6 Å². The summed E-state index contributed by atoms with van der Waals surface area (Å²) in [4.78, 5) is 31.3. The minimum absolute atomic E-state index is 0.0867. The smallest absolute Gasteiger partial charge is 0.269 e. The van der Waals surface area contributed by atoms with Crippen molar-refractivity contribution in [2.45, 2.75) is 32.2 Å². The van der Waals surface area contributed by atoms with Crippen LogP contribution in [-0.2, 0) is 11.3 Å². The Kier molecular flexibility index (Phi) is 6.85. The molecule has 2 aromatic rings. The van der Waals surface area contributed by atoms with Crippen LogP contribution in [-0.4, -0.2) is 39.9 Å². The van der Waals surface area contributed by atoms with Crippen molar-refractivity contribution in [3.05, 3.63) is 48.9 Å². The second kappa shape index (κ2) is 9.46. The molecule has 3 heterocycles. The number of hydrogen-bond donors (Lipinski definition) is 0. The van der Waals surface area contributed by atoms with E-state index >= 15 is 0 Å². The minimum Gasteiger partial charge on any atom is -0.497 e. The molecule has 1 saturated heterocycles. The summed E-state index contributed by atoms with van der Waals surface area (Å²) in [6.07, 6.45) is 3.84. The Morgan fingerprint density at radius 3 is 2.41 bits per heavy atom. The van der Waals surface area contributed by atoms with Crippen molar-refractivity contribution in [2.24, 2.45) is 0 Å². The lowest BCUT2D eigenvalue weighted by atomic mass is 10.2. The monoisotopic (exact) mass is 505 g/mol. The number of carbonyl (C=O) groups is 1. The standard InChI is InChI=1S/C22H23N3O3S4/c1-5-23-14-12-13(28-4)8-9-15(14)30-17(23)11-10-16-19(26)24(6-2)21(31-16)18-20(27)25(7-3)22(29)32-18/h8-12H,5-7H2,1-4H3/b16-10?,17-11+,21-18?. The Labute approximate surface area is 204 Å². The number of ether oxygens (including phenoxy) is 1. The Morgan fingerprint density at radius 1 is 1.03 bits per heavy atom. The predicted octanol–water partition coefficient (Wildman–Crippen LogP) is 3.18. The van der Waals surface area contributed by atoms with Gasteiger partial charge in [-0.25, -0.2) is 0 Å². The van der Waals surface area contributed by atoms with Crippen LogP contribution < -0.4 is 24.4 Å². The maximum atomic E-state index is 13.1. The van der Waals surface area contributed by atoms with Gasteiger partial charge in [0.2, 0.25) is 0 Å². The van der Waals surface area contributed by atoms with Crippen molar-refractivity contribution in [1.29, 1.82) is 0 Å². The fourth-order valence-electron chi connectivity index (χ4n) is 3.59. The molecule has 1 amide bonds. The van der Waals surface area contributed by atoms with Crippen LogP contribution in [0.15, 0.2) is 39.0 Å². The van der Waals surface area contributed by atoms with Crippen molar-refractivity contribution in [1.82, 2.24) is 9.47 Å². The summed E-state index contributed by atoms with van der Waals surface area (Å²) >= 11 is 9.63. The number of allylic oxidation sites excluding steroid dienone is 1. The van der Waals surface area contributed by atoms with Gasteiger partial charge in [-0.2, -0.15) is 0 Å². The summed E-state index contributed by atoms with van der Waals surface area (Å²) in [5.74, 6) is 0.695. The molecule has 0 bridgehead atoms. The second-order valence-electron chi connectivity index (χ2n) is 6.92. The Morgan fingerprint density at radius 2 is 1.78 bits per heavy atom. The first-order chi connectivity index (χ1) is 15.4. The Balaban J connectivity index is 1.79. The van der Waals surface area contributed by atoms with Gasteiger partial charge in [-0.15, -0.1) is 11.3 Å². The first-order valence-corrected chi connectivity index (χ1v) is 13.1. The van der Waals surface area contributed by atoms with Crippen molar-refractivity contribution in [2.75, 3.05) is 25.1 Å². The third-order valence-electron chi connectivity index (χ3n) is 5.21. The van der Waals surface area contributed by atoms with Crippen LogP contribution in [0.25, 0.3) is 11.0 Å². The van der Waals surface area contributed by atoms with Gasteiger partial charge in [0, 0.05) is 30.6 Å². The number of fused-ring (bicyclic) bond motifs is 1. The van der Waals surface area contributed by atoms with Crippen molar-refractivity contribution in [3.8, 4) is 5.75 Å². The summed E-state index contributed by atoms with van der Waals surface area (Å²) < 4.78 is 8.85. The van der Waals surface area contributed by atoms with Crippen LogP contribution >= 0.6 is 47.1 Å². The number of amides is 1. The first-order valence-electron chi connectivity index (χ1n) is 10.3. The molecule has 0 N–H and O–H groups in total. The minimum atomic E-state index is -0.122. The van der Waals surface area contributed by atoms with Crippen molar-refractivity contribution in [3.63, 3.8) is 0 Å². The van der Waals surface area contributed by atoms with Gasteiger partial charge in [0.25, 0.3) is 11.5 Å². The van der Waals surface area contributed by atoms with Gasteiger partial charge in [-0.1, -0.05) is 35.7 Å². The highest BCUT2D eigenvalue weighted by atomic mass is 32.2. The molecule has 1 aromatic heterocycles. The molecular weight excluding hydrogens is 483 g/mol. The fraction of sp³-hybridized carbons (Fsp3) is 0.318. The number of carbonyl (C=O) groups excluding carboxylic acids is 1. The normalized spacial score (nSPS) is 19.5. The molecular formula is C22H23N3O3S4. The van der Waals surface area contributed by atoms with E-state index in [2.05, 4.69) is 17.9 Å². The zero-order valence-electron chi connectivity index (χ0n) is 18.2. The zero-order valence-corrected chi connectivity index (χ0v) is 21.5. The first kappa shape index (κ1) is 23.2. The summed E-state index contributed by atoms with van der Waals surface area (Å²) in [5, 5.41) is 1.05. The lowest BCUT2D eigenvalue weighted by Crippen LogP contribution is -2.33. The van der Waals surface area contributed by atoms with Gasteiger partial charge < -0.3 is 9.64 Å². The number of nitrogens with zero attached hydrogens (tertiary/aromatic N) is 3. The number of thiazole rings is 1. The third kappa shape index (κ3) is 3.93. The van der Waals surface area contributed by atoms with E-state index in [1.807, 2.05) is 38.1 Å². The number of rotatable bonds is 5. The molecule has 0 atom stereocenters. The largest absolute Gasteiger partial charge is 0.497 e. The summed E-state index contributed by atoms with van der Waals surface area (Å²) in [6, 6.07) is 6.04. The van der Waals surface area contributed by atoms with Gasteiger partial charge in [0.05, 0.1) is 22.4 Å².